The fourth-order valence-electron chi connectivity index (χ4n) is 4.88. The monoisotopic (exact) mass is 484 g/mol. The first-order chi connectivity index (χ1) is 16.8. The molecule has 0 fully saturated rings. The molecule has 1 amide bonds. The SMILES string of the molecule is COc1cc2c(cc1OC)[C@H](CCc1ccc(F)c(F)c1F)N(C(C(N)=O)c1ccccc1)CC2. The fraction of sp³-hybridized carbons (Fsp3) is 0.296. The molecule has 3 aromatic rings. The molecule has 8 heteroatoms. The average Bonchev–Trinajstić information content (AvgIpc) is 2.87. The Kier molecular flexibility index (Phi) is 7.31. The first kappa shape index (κ1) is 24.6. The van der Waals surface area contributed by atoms with Crippen LogP contribution in [0.3, 0.4) is 0 Å². The topological polar surface area (TPSA) is 64.8 Å². The van der Waals surface area contributed by atoms with E-state index in [4.69, 9.17) is 15.2 Å². The summed E-state index contributed by atoms with van der Waals surface area (Å²) in [7, 11) is 3.09. The van der Waals surface area contributed by atoms with E-state index in [0.29, 0.717) is 30.9 Å². The lowest BCUT2D eigenvalue weighted by Crippen LogP contribution is -2.44. The number of hydrogen-bond acceptors (Lipinski definition) is 4. The molecule has 1 heterocycles. The Labute approximate surface area is 202 Å². The number of carbonyl (C=O) groups is 1. The summed E-state index contributed by atoms with van der Waals surface area (Å²) < 4.78 is 52.7. The third kappa shape index (κ3) is 4.84. The summed E-state index contributed by atoms with van der Waals surface area (Å²) >= 11 is 0. The largest absolute Gasteiger partial charge is 0.493 e. The molecule has 0 radical (unpaired) electrons. The lowest BCUT2D eigenvalue weighted by Gasteiger charge is -2.41. The summed E-state index contributed by atoms with van der Waals surface area (Å²) in [5.41, 5.74) is 8.57. The van der Waals surface area contributed by atoms with Crippen LogP contribution >= 0.6 is 0 Å². The van der Waals surface area contributed by atoms with Gasteiger partial charge < -0.3 is 15.2 Å². The van der Waals surface area contributed by atoms with Crippen molar-refractivity contribution < 1.29 is 27.4 Å². The molecule has 3 aromatic carbocycles. The molecule has 0 saturated heterocycles. The molecule has 5 nitrogen and oxygen atoms in total. The highest BCUT2D eigenvalue weighted by Gasteiger charge is 2.36. The number of benzene rings is 3. The quantitative estimate of drug-likeness (QED) is 0.463. The lowest BCUT2D eigenvalue weighted by molar-refractivity contribution is -0.124. The summed E-state index contributed by atoms with van der Waals surface area (Å²) in [5.74, 6) is -3.33. The number of methoxy groups -OCH3 is 2. The van der Waals surface area contributed by atoms with Crippen molar-refractivity contribution in [1.82, 2.24) is 4.90 Å². The Bertz CT molecular complexity index is 1220. The highest BCUT2D eigenvalue weighted by atomic mass is 19.2. The van der Waals surface area contributed by atoms with Gasteiger partial charge in [-0.1, -0.05) is 36.4 Å². The Balaban J connectivity index is 1.78. The van der Waals surface area contributed by atoms with Crippen LogP contribution in [0.4, 0.5) is 13.2 Å². The van der Waals surface area contributed by atoms with Crippen LogP contribution in [0.1, 0.15) is 40.8 Å². The minimum atomic E-state index is -1.49. The second-order valence-corrected chi connectivity index (χ2v) is 8.50. The van der Waals surface area contributed by atoms with Crippen LogP contribution in [0.2, 0.25) is 0 Å². The molecule has 1 unspecified atom stereocenters. The van der Waals surface area contributed by atoms with Crippen molar-refractivity contribution in [2.75, 3.05) is 20.8 Å². The molecular formula is C27H27F3N2O3. The smallest absolute Gasteiger partial charge is 0.239 e. The third-order valence-electron chi connectivity index (χ3n) is 6.56. The van der Waals surface area contributed by atoms with Crippen molar-refractivity contribution in [2.24, 2.45) is 5.73 Å². The molecule has 0 saturated carbocycles. The van der Waals surface area contributed by atoms with Crippen LogP contribution < -0.4 is 15.2 Å². The Hall–Kier alpha value is -3.52. The predicted octanol–water partition coefficient (Wildman–Crippen LogP) is 4.88. The Morgan fingerprint density at radius 1 is 1.03 bits per heavy atom. The highest BCUT2D eigenvalue weighted by Crippen LogP contribution is 2.43. The zero-order valence-corrected chi connectivity index (χ0v) is 19.6. The predicted molar refractivity (Wildman–Crippen MR) is 126 cm³/mol. The van der Waals surface area contributed by atoms with Gasteiger partial charge in [0.05, 0.1) is 14.2 Å². The molecule has 0 bridgehead atoms. The Morgan fingerprint density at radius 2 is 1.71 bits per heavy atom. The fourth-order valence-corrected chi connectivity index (χ4v) is 4.88. The van der Waals surface area contributed by atoms with E-state index in [1.807, 2.05) is 47.4 Å². The summed E-state index contributed by atoms with van der Waals surface area (Å²) in [5, 5.41) is 0. The number of amides is 1. The molecule has 1 aliphatic heterocycles. The maximum absolute atomic E-state index is 14.4. The van der Waals surface area contributed by atoms with E-state index in [9.17, 15) is 18.0 Å². The number of aryl methyl sites for hydroxylation is 1. The van der Waals surface area contributed by atoms with Crippen LogP contribution in [0, 0.1) is 17.5 Å². The number of fused-ring (bicyclic) bond motifs is 1. The van der Waals surface area contributed by atoms with Crippen molar-refractivity contribution >= 4 is 5.91 Å². The van der Waals surface area contributed by atoms with Gasteiger partial charge in [0.2, 0.25) is 5.91 Å². The molecule has 2 N–H and O–H groups in total. The number of hydrogen-bond donors (Lipinski definition) is 1. The molecular weight excluding hydrogens is 457 g/mol. The van der Waals surface area contributed by atoms with Gasteiger partial charge >= 0.3 is 0 Å². The van der Waals surface area contributed by atoms with Crippen molar-refractivity contribution in [3.05, 3.63) is 94.3 Å². The van der Waals surface area contributed by atoms with E-state index in [-0.39, 0.29) is 18.0 Å². The van der Waals surface area contributed by atoms with E-state index in [2.05, 4.69) is 0 Å². The molecule has 184 valence electrons. The molecule has 35 heavy (non-hydrogen) atoms. The minimum absolute atomic E-state index is 0.0618. The van der Waals surface area contributed by atoms with Crippen LogP contribution in [0.15, 0.2) is 54.6 Å². The number of nitrogens with zero attached hydrogens (tertiary/aromatic N) is 1. The zero-order valence-electron chi connectivity index (χ0n) is 19.6. The number of rotatable bonds is 8. The first-order valence-electron chi connectivity index (χ1n) is 11.3. The molecule has 0 aromatic heterocycles. The lowest BCUT2D eigenvalue weighted by atomic mass is 9.86. The van der Waals surface area contributed by atoms with Gasteiger partial charge in [-0.25, -0.2) is 13.2 Å². The second kappa shape index (κ2) is 10.4. The van der Waals surface area contributed by atoms with Crippen molar-refractivity contribution in [1.29, 1.82) is 0 Å². The van der Waals surface area contributed by atoms with Gasteiger partial charge in [-0.05, 0) is 59.7 Å². The van der Waals surface area contributed by atoms with Crippen LogP contribution in [-0.2, 0) is 17.6 Å². The minimum Gasteiger partial charge on any atom is -0.493 e. The second-order valence-electron chi connectivity index (χ2n) is 8.50. The molecule has 0 spiro atoms. The average molecular weight is 485 g/mol. The van der Waals surface area contributed by atoms with Gasteiger partial charge in [-0.3, -0.25) is 9.69 Å². The van der Waals surface area contributed by atoms with E-state index in [1.54, 1.807) is 7.11 Å². The number of carbonyl (C=O) groups excluding carboxylic acids is 1. The van der Waals surface area contributed by atoms with Gasteiger partial charge in [0.1, 0.15) is 6.04 Å². The standard InChI is InChI=1S/C27H27F3N2O3/c1-34-22-14-18-12-13-32(26(27(31)33)17-6-4-3-5-7-17)21(19(18)15-23(22)35-2)11-9-16-8-10-20(28)25(30)24(16)29/h3-8,10,14-15,21,26H,9,11-13H2,1-2H3,(H2,31,33)/t21-,26?/m0/s1. The summed E-state index contributed by atoms with van der Waals surface area (Å²) in [6.45, 7) is 0.510. The van der Waals surface area contributed by atoms with Gasteiger partial charge in [0, 0.05) is 12.6 Å². The maximum atomic E-state index is 14.4. The van der Waals surface area contributed by atoms with Gasteiger partial charge in [-0.15, -0.1) is 0 Å². The number of ether oxygens (including phenoxy) is 2. The van der Waals surface area contributed by atoms with Crippen LogP contribution in [-0.4, -0.2) is 31.6 Å². The van der Waals surface area contributed by atoms with Crippen molar-refractivity contribution in [2.45, 2.75) is 31.3 Å². The number of halogens is 3. The highest BCUT2D eigenvalue weighted by molar-refractivity contribution is 5.81. The van der Waals surface area contributed by atoms with Crippen LogP contribution in [0.25, 0.3) is 0 Å². The zero-order chi connectivity index (χ0) is 25.1. The maximum Gasteiger partial charge on any atom is 0.239 e. The van der Waals surface area contributed by atoms with Crippen molar-refractivity contribution in [3.8, 4) is 11.5 Å². The molecule has 4 rings (SSSR count). The van der Waals surface area contributed by atoms with E-state index in [0.717, 1.165) is 22.8 Å². The van der Waals surface area contributed by atoms with Gasteiger partial charge in [0.25, 0.3) is 0 Å². The molecule has 1 aliphatic rings. The van der Waals surface area contributed by atoms with Crippen LogP contribution in [0.5, 0.6) is 11.5 Å². The normalized spacial score (nSPS) is 16.4. The first-order valence-corrected chi connectivity index (χ1v) is 11.3. The third-order valence-corrected chi connectivity index (χ3v) is 6.56. The number of primary amides is 1. The molecule has 2 atom stereocenters. The van der Waals surface area contributed by atoms with E-state index < -0.39 is 29.4 Å². The van der Waals surface area contributed by atoms with Gasteiger partial charge in [-0.2, -0.15) is 0 Å². The van der Waals surface area contributed by atoms with E-state index in [1.165, 1.54) is 13.2 Å². The summed E-state index contributed by atoms with van der Waals surface area (Å²) in [6, 6.07) is 14.0. The summed E-state index contributed by atoms with van der Waals surface area (Å²) in [6.07, 6.45) is 1.09. The number of nitrogens with two attached hydrogens (primary N) is 1. The van der Waals surface area contributed by atoms with Gasteiger partial charge in [0.15, 0.2) is 29.0 Å². The molecule has 0 aliphatic carbocycles. The Morgan fingerprint density at radius 3 is 2.37 bits per heavy atom. The van der Waals surface area contributed by atoms with E-state index >= 15 is 0 Å². The summed E-state index contributed by atoms with van der Waals surface area (Å²) in [4.78, 5) is 14.7. The van der Waals surface area contributed by atoms with Crippen molar-refractivity contribution in [3.63, 3.8) is 0 Å².